The number of hydrogen-bond acceptors (Lipinski definition) is 6. The van der Waals surface area contributed by atoms with E-state index in [-0.39, 0.29) is 12.5 Å². The number of ether oxygens (including phenoxy) is 1. The number of carbonyl (C=O) groups excluding carboxylic acids is 1. The van der Waals surface area contributed by atoms with Crippen LogP contribution in [0, 0.1) is 13.8 Å². The molecule has 0 saturated carbocycles. The number of aromatic nitrogens is 2. The quantitative estimate of drug-likeness (QED) is 0.748. The summed E-state index contributed by atoms with van der Waals surface area (Å²) in [7, 11) is 1.80. The zero-order valence-electron chi connectivity index (χ0n) is 10.6. The molecule has 17 heavy (non-hydrogen) atoms. The number of hydrogen-bond donors (Lipinski definition) is 2. The summed E-state index contributed by atoms with van der Waals surface area (Å²) in [6, 6.07) is 0. The highest BCUT2D eigenvalue weighted by Gasteiger charge is 2.09. The molecule has 0 unspecified atom stereocenters. The summed E-state index contributed by atoms with van der Waals surface area (Å²) in [6.07, 6.45) is 0. The lowest BCUT2D eigenvalue weighted by molar-refractivity contribution is -0.140. The fraction of sp³-hybridized carbons (Fsp3) is 0.545. The summed E-state index contributed by atoms with van der Waals surface area (Å²) >= 11 is 0. The highest BCUT2D eigenvalue weighted by Crippen LogP contribution is 2.18. The van der Waals surface area contributed by atoms with Gasteiger partial charge in [0, 0.05) is 12.6 Å². The predicted octanol–water partition coefficient (Wildman–Crippen LogP) is 1.11. The van der Waals surface area contributed by atoms with Crippen LogP contribution in [0.4, 0.5) is 11.6 Å². The molecule has 0 spiro atoms. The van der Waals surface area contributed by atoms with E-state index in [9.17, 15) is 4.79 Å². The van der Waals surface area contributed by atoms with E-state index in [4.69, 9.17) is 4.74 Å². The maximum absolute atomic E-state index is 11.2. The molecule has 0 aliphatic rings. The summed E-state index contributed by atoms with van der Waals surface area (Å²) < 4.78 is 4.83. The molecule has 0 saturated heterocycles. The van der Waals surface area contributed by atoms with Gasteiger partial charge in [-0.25, -0.2) is 9.97 Å². The molecule has 6 nitrogen and oxygen atoms in total. The van der Waals surface area contributed by atoms with Crippen LogP contribution in [0.25, 0.3) is 0 Å². The first-order valence-corrected chi connectivity index (χ1v) is 5.51. The molecule has 0 fully saturated rings. The van der Waals surface area contributed by atoms with Crippen LogP contribution in [0.2, 0.25) is 0 Å². The largest absolute Gasteiger partial charge is 0.465 e. The second kappa shape index (κ2) is 6.03. The van der Waals surface area contributed by atoms with Gasteiger partial charge in [0.1, 0.15) is 24.0 Å². The second-order valence-corrected chi connectivity index (χ2v) is 3.50. The minimum atomic E-state index is -0.297. The van der Waals surface area contributed by atoms with E-state index < -0.39 is 0 Å². The van der Waals surface area contributed by atoms with E-state index in [2.05, 4.69) is 20.6 Å². The van der Waals surface area contributed by atoms with Crippen LogP contribution >= 0.6 is 0 Å². The maximum Gasteiger partial charge on any atom is 0.325 e. The smallest absolute Gasteiger partial charge is 0.325 e. The van der Waals surface area contributed by atoms with Crippen molar-refractivity contribution in [3.63, 3.8) is 0 Å². The Morgan fingerprint density at radius 2 is 1.94 bits per heavy atom. The Kier molecular flexibility index (Phi) is 4.68. The molecule has 1 aromatic rings. The topological polar surface area (TPSA) is 76.1 Å². The molecule has 94 valence electrons. The zero-order chi connectivity index (χ0) is 12.8. The van der Waals surface area contributed by atoms with E-state index in [1.807, 2.05) is 6.92 Å². The van der Waals surface area contributed by atoms with Crippen molar-refractivity contribution >= 4 is 17.6 Å². The molecule has 0 atom stereocenters. The number of carbonyl (C=O) groups is 1. The lowest BCUT2D eigenvalue weighted by Gasteiger charge is -2.12. The summed E-state index contributed by atoms with van der Waals surface area (Å²) in [5.41, 5.74) is 0.877. The van der Waals surface area contributed by atoms with E-state index >= 15 is 0 Å². The van der Waals surface area contributed by atoms with Crippen molar-refractivity contribution < 1.29 is 9.53 Å². The summed E-state index contributed by atoms with van der Waals surface area (Å²) in [6.45, 7) is 5.95. The van der Waals surface area contributed by atoms with Gasteiger partial charge in [-0.2, -0.15) is 0 Å². The van der Waals surface area contributed by atoms with E-state index in [0.29, 0.717) is 18.2 Å². The molecule has 0 radical (unpaired) electrons. The van der Waals surface area contributed by atoms with Gasteiger partial charge in [-0.05, 0) is 20.8 Å². The number of aryl methyl sites for hydroxylation is 1. The normalized spacial score (nSPS) is 9.88. The molecule has 6 heteroatoms. The zero-order valence-corrected chi connectivity index (χ0v) is 10.6. The number of esters is 1. The van der Waals surface area contributed by atoms with Crippen molar-refractivity contribution in [3.8, 4) is 0 Å². The first-order chi connectivity index (χ1) is 8.08. The van der Waals surface area contributed by atoms with Crippen molar-refractivity contribution in [1.29, 1.82) is 0 Å². The average molecular weight is 238 g/mol. The van der Waals surface area contributed by atoms with Crippen LogP contribution in [-0.2, 0) is 9.53 Å². The van der Waals surface area contributed by atoms with Crippen LogP contribution in [0.15, 0.2) is 0 Å². The number of nitrogens with one attached hydrogen (secondary N) is 2. The fourth-order valence-electron chi connectivity index (χ4n) is 1.41. The monoisotopic (exact) mass is 238 g/mol. The summed E-state index contributed by atoms with van der Waals surface area (Å²) in [5, 5.41) is 5.93. The summed E-state index contributed by atoms with van der Waals surface area (Å²) in [4.78, 5) is 19.7. The Morgan fingerprint density at radius 1 is 1.29 bits per heavy atom. The molecule has 1 rings (SSSR count). The summed E-state index contributed by atoms with van der Waals surface area (Å²) in [5.74, 6) is 1.75. The molecule has 2 N–H and O–H groups in total. The van der Waals surface area contributed by atoms with Gasteiger partial charge in [-0.1, -0.05) is 0 Å². The predicted molar refractivity (Wildman–Crippen MR) is 66.2 cm³/mol. The van der Waals surface area contributed by atoms with Gasteiger partial charge in [0.2, 0.25) is 0 Å². The van der Waals surface area contributed by atoms with Crippen LogP contribution in [0.1, 0.15) is 18.3 Å². The van der Waals surface area contributed by atoms with Crippen LogP contribution in [0.5, 0.6) is 0 Å². The molecule has 0 aliphatic carbocycles. The molecular weight excluding hydrogens is 220 g/mol. The number of nitrogens with zero attached hydrogens (tertiary/aromatic N) is 2. The van der Waals surface area contributed by atoms with Crippen molar-refractivity contribution in [2.45, 2.75) is 20.8 Å². The van der Waals surface area contributed by atoms with Crippen LogP contribution < -0.4 is 10.6 Å². The minimum Gasteiger partial charge on any atom is -0.465 e. The van der Waals surface area contributed by atoms with Crippen LogP contribution in [0.3, 0.4) is 0 Å². The van der Waals surface area contributed by atoms with Gasteiger partial charge in [-0.15, -0.1) is 0 Å². The van der Waals surface area contributed by atoms with E-state index in [0.717, 1.165) is 11.4 Å². The SMILES string of the molecule is CCOC(=O)CNc1nc(C)nc(NC)c1C. The van der Waals surface area contributed by atoms with Gasteiger partial charge in [0.05, 0.1) is 6.61 Å². The van der Waals surface area contributed by atoms with E-state index in [1.54, 1.807) is 20.9 Å². The van der Waals surface area contributed by atoms with Gasteiger partial charge in [-0.3, -0.25) is 4.79 Å². The molecule has 1 heterocycles. The number of rotatable bonds is 5. The Morgan fingerprint density at radius 3 is 2.53 bits per heavy atom. The van der Waals surface area contributed by atoms with Crippen LogP contribution in [-0.4, -0.2) is 36.1 Å². The molecule has 0 amide bonds. The van der Waals surface area contributed by atoms with E-state index in [1.165, 1.54) is 0 Å². The standard InChI is InChI=1S/C11H18N4O2/c1-5-17-9(16)6-13-11-7(2)10(12-4)14-8(3)15-11/h5-6H2,1-4H3,(H2,12,13,14,15). The minimum absolute atomic E-state index is 0.105. The van der Waals surface area contributed by atoms with Crippen molar-refractivity contribution in [3.05, 3.63) is 11.4 Å². The highest BCUT2D eigenvalue weighted by molar-refractivity contribution is 5.75. The van der Waals surface area contributed by atoms with Gasteiger partial charge in [0.15, 0.2) is 0 Å². The van der Waals surface area contributed by atoms with Gasteiger partial charge >= 0.3 is 5.97 Å². The molecule has 0 aliphatic heterocycles. The second-order valence-electron chi connectivity index (χ2n) is 3.50. The van der Waals surface area contributed by atoms with Crippen molar-refractivity contribution in [2.75, 3.05) is 30.8 Å². The van der Waals surface area contributed by atoms with Crippen molar-refractivity contribution in [1.82, 2.24) is 9.97 Å². The molecule has 1 aromatic heterocycles. The third-order valence-electron chi connectivity index (χ3n) is 2.20. The lowest BCUT2D eigenvalue weighted by Crippen LogP contribution is -2.18. The third kappa shape index (κ3) is 3.58. The van der Waals surface area contributed by atoms with Crippen molar-refractivity contribution in [2.24, 2.45) is 0 Å². The Labute approximate surface area is 101 Å². The highest BCUT2D eigenvalue weighted by atomic mass is 16.5. The molecular formula is C11H18N4O2. The maximum atomic E-state index is 11.2. The van der Waals surface area contributed by atoms with Gasteiger partial charge in [0.25, 0.3) is 0 Å². The van der Waals surface area contributed by atoms with Gasteiger partial charge < -0.3 is 15.4 Å². The molecule has 0 aromatic carbocycles. The Balaban J connectivity index is 2.77. The third-order valence-corrected chi connectivity index (χ3v) is 2.20. The fourth-order valence-corrected chi connectivity index (χ4v) is 1.41. The number of anilines is 2. The first kappa shape index (κ1) is 13.2. The Bertz CT molecular complexity index is 407. The Hall–Kier alpha value is -1.85. The first-order valence-electron chi connectivity index (χ1n) is 5.51. The lowest BCUT2D eigenvalue weighted by atomic mass is 10.3. The average Bonchev–Trinajstić information content (AvgIpc) is 2.30. The molecule has 0 bridgehead atoms.